The van der Waals surface area contributed by atoms with E-state index in [1.165, 1.54) is 128 Å². The van der Waals surface area contributed by atoms with Crippen molar-refractivity contribution in [2.45, 2.75) is 162 Å². The molecule has 0 amide bonds. The fraction of sp³-hybridized carbons (Fsp3) is 0.893. The number of unbranched alkanes of at least 4 members (excludes halogenated alkanes) is 13. The Morgan fingerprint density at radius 3 is 1.63 bits per heavy atom. The lowest BCUT2D eigenvalue weighted by atomic mass is 9.93. The maximum Gasteiger partial charge on any atom is 0.257 e. The maximum atomic E-state index is 3.65. The summed E-state index contributed by atoms with van der Waals surface area (Å²) in [6, 6.07) is 0.624. The van der Waals surface area contributed by atoms with Gasteiger partial charge in [-0.15, -0.1) is 0 Å². The fourth-order valence-electron chi connectivity index (χ4n) is 4.84. The maximum absolute atomic E-state index is 3.65. The summed E-state index contributed by atoms with van der Waals surface area (Å²) in [6.45, 7) is 9.34. The largest absolute Gasteiger partial charge is 0.257 e. The third kappa shape index (κ3) is 12.2. The van der Waals surface area contributed by atoms with Gasteiger partial charge in [0.25, 0.3) is 5.82 Å². The van der Waals surface area contributed by atoms with Crippen molar-refractivity contribution in [1.82, 2.24) is 4.98 Å². The van der Waals surface area contributed by atoms with E-state index >= 15 is 0 Å². The van der Waals surface area contributed by atoms with Crippen molar-refractivity contribution in [3.63, 3.8) is 0 Å². The Labute approximate surface area is 189 Å². The summed E-state index contributed by atoms with van der Waals surface area (Å²) in [5, 5.41) is 0. The third-order valence-electron chi connectivity index (χ3n) is 6.89. The first-order chi connectivity index (χ1) is 14.7. The summed E-state index contributed by atoms with van der Waals surface area (Å²) in [5.41, 5.74) is 0. The lowest BCUT2D eigenvalue weighted by Crippen LogP contribution is -2.41. The van der Waals surface area contributed by atoms with Crippen LogP contribution in [-0.2, 0) is 0 Å². The standard InChI is InChI=1S/C28H54N2/c1-5-8-11-12-13-14-15-16-17-20-23-27(22-19-10-7-3)28-29-24-25-30(28)26(4)21-18-9-6-2/h24-27H,5-23H2,1-4H3/p+1. The van der Waals surface area contributed by atoms with Gasteiger partial charge in [0, 0.05) is 0 Å². The van der Waals surface area contributed by atoms with Crippen LogP contribution in [0.15, 0.2) is 12.4 Å². The molecule has 1 rings (SSSR count). The van der Waals surface area contributed by atoms with Crippen LogP contribution in [-0.4, -0.2) is 4.98 Å². The van der Waals surface area contributed by atoms with E-state index in [0.717, 1.165) is 0 Å². The molecule has 2 nitrogen and oxygen atoms in total. The number of nitrogens with zero attached hydrogens (tertiary/aromatic N) is 1. The van der Waals surface area contributed by atoms with Crippen LogP contribution in [0.5, 0.6) is 0 Å². The van der Waals surface area contributed by atoms with Crippen molar-refractivity contribution in [3.05, 3.63) is 18.2 Å². The molecular formula is C28H55N2+. The second-order valence-electron chi connectivity index (χ2n) is 9.76. The van der Waals surface area contributed by atoms with Gasteiger partial charge in [0.2, 0.25) is 0 Å². The molecule has 0 aliphatic heterocycles. The first-order valence-electron chi connectivity index (χ1n) is 13.8. The lowest BCUT2D eigenvalue weighted by Gasteiger charge is -2.17. The first-order valence-corrected chi connectivity index (χ1v) is 13.8. The minimum Gasteiger partial charge on any atom is -0.247 e. The Balaban J connectivity index is 2.41. The van der Waals surface area contributed by atoms with Gasteiger partial charge in [-0.1, -0.05) is 117 Å². The molecule has 2 atom stereocenters. The van der Waals surface area contributed by atoms with Crippen LogP contribution in [0.25, 0.3) is 0 Å². The van der Waals surface area contributed by atoms with E-state index in [2.05, 4.69) is 49.6 Å². The molecule has 0 saturated carbocycles. The Bertz CT molecular complexity index is 479. The normalized spacial score (nSPS) is 13.6. The predicted molar refractivity (Wildman–Crippen MR) is 133 cm³/mol. The van der Waals surface area contributed by atoms with Crippen molar-refractivity contribution in [2.75, 3.05) is 0 Å². The molecule has 0 aliphatic carbocycles. The van der Waals surface area contributed by atoms with E-state index in [1.807, 2.05) is 0 Å². The summed E-state index contributed by atoms with van der Waals surface area (Å²) < 4.78 is 2.57. The topological polar surface area (TPSA) is 19.7 Å². The number of hydrogen-bond donors (Lipinski definition) is 1. The number of hydrogen-bond acceptors (Lipinski definition) is 0. The Hall–Kier alpha value is -0.790. The van der Waals surface area contributed by atoms with Gasteiger partial charge in [-0.25, -0.2) is 9.55 Å². The molecular weight excluding hydrogens is 364 g/mol. The van der Waals surface area contributed by atoms with Gasteiger partial charge in [0.05, 0.1) is 12.0 Å². The highest BCUT2D eigenvalue weighted by Crippen LogP contribution is 2.27. The first kappa shape index (κ1) is 27.2. The van der Waals surface area contributed by atoms with Gasteiger partial charge < -0.3 is 0 Å². The summed E-state index contributed by atoms with van der Waals surface area (Å²) in [7, 11) is 0. The molecule has 1 N–H and O–H groups in total. The summed E-state index contributed by atoms with van der Waals surface area (Å²) >= 11 is 0. The van der Waals surface area contributed by atoms with Crippen molar-refractivity contribution in [3.8, 4) is 0 Å². The number of H-pyrrole nitrogens is 1. The molecule has 1 aromatic rings. The molecule has 0 aromatic carbocycles. The zero-order valence-corrected chi connectivity index (χ0v) is 21.2. The molecule has 0 aliphatic rings. The molecule has 0 saturated heterocycles. The van der Waals surface area contributed by atoms with Gasteiger partial charge in [-0.3, -0.25) is 0 Å². The Kier molecular flexibility index (Phi) is 17.2. The smallest absolute Gasteiger partial charge is 0.247 e. The van der Waals surface area contributed by atoms with Gasteiger partial charge >= 0.3 is 0 Å². The summed E-state index contributed by atoms with van der Waals surface area (Å²) in [4.78, 5) is 3.65. The minimum atomic E-state index is 0.624. The van der Waals surface area contributed by atoms with Gasteiger partial charge in [-0.05, 0) is 32.6 Å². The predicted octanol–water partition coefficient (Wildman–Crippen LogP) is 9.42. The molecule has 0 radical (unpaired) electrons. The molecule has 30 heavy (non-hydrogen) atoms. The number of nitrogens with one attached hydrogen (secondary N) is 1. The van der Waals surface area contributed by atoms with Crippen LogP contribution in [0, 0.1) is 0 Å². The highest BCUT2D eigenvalue weighted by molar-refractivity contribution is 4.90. The summed E-state index contributed by atoms with van der Waals surface area (Å²) in [5.74, 6) is 2.22. The van der Waals surface area contributed by atoms with Gasteiger partial charge in [-0.2, -0.15) is 0 Å². The van der Waals surface area contributed by atoms with Gasteiger partial charge in [0.1, 0.15) is 12.4 Å². The molecule has 1 aromatic heterocycles. The highest BCUT2D eigenvalue weighted by atomic mass is 15.1. The number of rotatable bonds is 21. The van der Waals surface area contributed by atoms with E-state index in [4.69, 9.17) is 0 Å². The quantitative estimate of drug-likeness (QED) is 0.151. The van der Waals surface area contributed by atoms with E-state index in [9.17, 15) is 0 Å². The molecule has 1 heterocycles. The Morgan fingerprint density at radius 1 is 0.633 bits per heavy atom. The fourth-order valence-corrected chi connectivity index (χ4v) is 4.84. The number of aromatic nitrogens is 2. The zero-order chi connectivity index (χ0) is 21.9. The third-order valence-corrected chi connectivity index (χ3v) is 6.89. The Morgan fingerprint density at radius 2 is 1.07 bits per heavy atom. The molecule has 0 spiro atoms. The minimum absolute atomic E-state index is 0.624. The molecule has 0 fully saturated rings. The number of aromatic amines is 1. The zero-order valence-electron chi connectivity index (χ0n) is 21.2. The average Bonchev–Trinajstić information content (AvgIpc) is 3.24. The van der Waals surface area contributed by atoms with E-state index < -0.39 is 0 Å². The van der Waals surface area contributed by atoms with Crippen molar-refractivity contribution < 1.29 is 4.57 Å². The van der Waals surface area contributed by atoms with Crippen LogP contribution in [0.1, 0.15) is 167 Å². The van der Waals surface area contributed by atoms with Crippen LogP contribution < -0.4 is 4.57 Å². The van der Waals surface area contributed by atoms with Crippen LogP contribution in [0.2, 0.25) is 0 Å². The number of imidazole rings is 1. The monoisotopic (exact) mass is 419 g/mol. The van der Waals surface area contributed by atoms with E-state index in [-0.39, 0.29) is 0 Å². The second-order valence-corrected chi connectivity index (χ2v) is 9.76. The van der Waals surface area contributed by atoms with E-state index in [0.29, 0.717) is 12.0 Å². The van der Waals surface area contributed by atoms with Crippen molar-refractivity contribution in [1.29, 1.82) is 0 Å². The molecule has 2 unspecified atom stereocenters. The lowest BCUT2D eigenvalue weighted by molar-refractivity contribution is -0.727. The van der Waals surface area contributed by atoms with E-state index in [1.54, 1.807) is 0 Å². The SMILES string of the molecule is CCCCCCCCCCCCC(CCCCC)c1[nH]cc[n+]1C(C)CCCCC. The molecule has 2 heteroatoms. The summed E-state index contributed by atoms with van der Waals surface area (Å²) in [6.07, 6.45) is 30.9. The highest BCUT2D eigenvalue weighted by Gasteiger charge is 2.25. The van der Waals surface area contributed by atoms with Crippen molar-refractivity contribution >= 4 is 0 Å². The second kappa shape index (κ2) is 18.9. The van der Waals surface area contributed by atoms with Crippen molar-refractivity contribution in [2.24, 2.45) is 0 Å². The van der Waals surface area contributed by atoms with Gasteiger partial charge in [0.15, 0.2) is 0 Å². The van der Waals surface area contributed by atoms with Crippen LogP contribution in [0.3, 0.4) is 0 Å². The molecule has 0 bridgehead atoms. The molecule has 176 valence electrons. The van der Waals surface area contributed by atoms with Crippen LogP contribution >= 0.6 is 0 Å². The average molecular weight is 420 g/mol. The van der Waals surface area contributed by atoms with Crippen LogP contribution in [0.4, 0.5) is 0 Å².